The minimum atomic E-state index is -4.03. The van der Waals surface area contributed by atoms with E-state index < -0.39 is 28.1 Å². The summed E-state index contributed by atoms with van der Waals surface area (Å²) in [5.41, 5.74) is 2.07. The van der Waals surface area contributed by atoms with Gasteiger partial charge in [-0.1, -0.05) is 29.3 Å². The van der Waals surface area contributed by atoms with E-state index in [-0.39, 0.29) is 30.9 Å². The van der Waals surface area contributed by atoms with Crippen molar-refractivity contribution < 1.29 is 28.3 Å². The molecule has 2 atom stereocenters. The Bertz CT molecular complexity index is 996. The van der Waals surface area contributed by atoms with Gasteiger partial charge in [0, 0.05) is 22.2 Å². The second kappa shape index (κ2) is 9.51. The fraction of sp³-hybridized carbons (Fsp3) is 0.316. The molecule has 8 nitrogen and oxygen atoms in total. The van der Waals surface area contributed by atoms with Crippen LogP contribution in [0.1, 0.15) is 18.4 Å². The first-order valence-electron chi connectivity index (χ1n) is 9.03. The zero-order valence-corrected chi connectivity index (χ0v) is 18.0. The Morgan fingerprint density at radius 1 is 1.17 bits per heavy atom. The summed E-state index contributed by atoms with van der Waals surface area (Å²) in [6.45, 7) is 0.0538. The molecule has 1 aliphatic rings. The number of carbonyl (C=O) groups is 1. The van der Waals surface area contributed by atoms with Gasteiger partial charge in [0.25, 0.3) is 5.91 Å². The molecule has 1 aliphatic heterocycles. The van der Waals surface area contributed by atoms with Crippen LogP contribution in [-0.4, -0.2) is 47.6 Å². The quantitative estimate of drug-likeness (QED) is 0.437. The minimum Gasteiger partial charge on any atom is -0.489 e. The number of halogens is 2. The van der Waals surface area contributed by atoms with E-state index in [1.54, 1.807) is 18.2 Å². The zero-order chi connectivity index (χ0) is 21.9. The highest BCUT2D eigenvalue weighted by Crippen LogP contribution is 2.29. The third-order valence-corrected chi connectivity index (χ3v) is 7.44. The smallest absolute Gasteiger partial charge is 0.261 e. The number of ether oxygens (including phenoxy) is 1. The van der Waals surface area contributed by atoms with Gasteiger partial charge in [0.1, 0.15) is 18.4 Å². The number of hydrogen-bond donors (Lipinski definition) is 3. The molecule has 0 aromatic heterocycles. The van der Waals surface area contributed by atoms with Crippen molar-refractivity contribution in [1.29, 1.82) is 0 Å². The Morgan fingerprint density at radius 3 is 2.40 bits per heavy atom. The summed E-state index contributed by atoms with van der Waals surface area (Å²) in [7, 11) is -4.03. The Labute approximate surface area is 184 Å². The van der Waals surface area contributed by atoms with Crippen molar-refractivity contribution in [1.82, 2.24) is 9.79 Å². The van der Waals surface area contributed by atoms with Crippen molar-refractivity contribution in [3.63, 3.8) is 0 Å². The Morgan fingerprint density at radius 2 is 1.80 bits per heavy atom. The largest absolute Gasteiger partial charge is 0.489 e. The van der Waals surface area contributed by atoms with E-state index >= 15 is 0 Å². The molecule has 2 unspecified atom stereocenters. The van der Waals surface area contributed by atoms with Crippen LogP contribution in [0.25, 0.3) is 0 Å². The van der Waals surface area contributed by atoms with Crippen LogP contribution in [0, 0.1) is 0 Å². The summed E-state index contributed by atoms with van der Waals surface area (Å²) < 4.78 is 32.7. The fourth-order valence-electron chi connectivity index (χ4n) is 3.19. The number of hydrogen-bond acceptors (Lipinski definition) is 6. The molecule has 11 heteroatoms. The van der Waals surface area contributed by atoms with Crippen LogP contribution >= 0.6 is 23.2 Å². The van der Waals surface area contributed by atoms with Gasteiger partial charge in [0.15, 0.2) is 0 Å². The molecule has 0 saturated carbocycles. The number of nitrogens with zero attached hydrogens (tertiary/aromatic N) is 1. The van der Waals surface area contributed by atoms with E-state index in [2.05, 4.69) is 0 Å². The van der Waals surface area contributed by atoms with Crippen LogP contribution in [0.3, 0.4) is 0 Å². The van der Waals surface area contributed by atoms with Crippen LogP contribution in [0.15, 0.2) is 47.4 Å². The first-order chi connectivity index (χ1) is 14.2. The second-order valence-electron chi connectivity index (χ2n) is 6.75. The summed E-state index contributed by atoms with van der Waals surface area (Å²) in [5, 5.41) is 19.6. The van der Waals surface area contributed by atoms with Gasteiger partial charge in [0.05, 0.1) is 11.0 Å². The number of sulfonamides is 1. The van der Waals surface area contributed by atoms with E-state index in [0.717, 1.165) is 4.31 Å². The lowest BCUT2D eigenvalue weighted by atomic mass is 10.0. The molecular weight excluding hydrogens is 455 g/mol. The van der Waals surface area contributed by atoms with Gasteiger partial charge in [-0.05, 0) is 49.2 Å². The van der Waals surface area contributed by atoms with Crippen LogP contribution in [0.2, 0.25) is 10.0 Å². The predicted molar refractivity (Wildman–Crippen MR) is 110 cm³/mol. The van der Waals surface area contributed by atoms with Crippen molar-refractivity contribution in [2.24, 2.45) is 0 Å². The van der Waals surface area contributed by atoms with Crippen LogP contribution in [0.4, 0.5) is 0 Å². The van der Waals surface area contributed by atoms with Crippen LogP contribution in [-0.2, 0) is 21.4 Å². The van der Waals surface area contributed by atoms with Crippen molar-refractivity contribution in [3.05, 3.63) is 58.1 Å². The number of piperidine rings is 1. The molecule has 1 heterocycles. The van der Waals surface area contributed by atoms with Crippen molar-refractivity contribution >= 4 is 39.1 Å². The average Bonchev–Trinajstić information content (AvgIpc) is 2.73. The number of nitrogens with one attached hydrogen (secondary N) is 1. The van der Waals surface area contributed by atoms with E-state index in [9.17, 15) is 18.3 Å². The summed E-state index contributed by atoms with van der Waals surface area (Å²) >= 11 is 12.2. The molecule has 30 heavy (non-hydrogen) atoms. The van der Waals surface area contributed by atoms with Gasteiger partial charge in [-0.3, -0.25) is 10.0 Å². The fourth-order valence-corrected chi connectivity index (χ4v) is 5.31. The van der Waals surface area contributed by atoms with Gasteiger partial charge in [-0.25, -0.2) is 13.9 Å². The first-order valence-corrected chi connectivity index (χ1v) is 11.2. The Balaban J connectivity index is 1.76. The lowest BCUT2D eigenvalue weighted by molar-refractivity contribution is -0.135. The van der Waals surface area contributed by atoms with E-state index in [1.807, 2.05) is 0 Å². The summed E-state index contributed by atoms with van der Waals surface area (Å²) in [6, 6.07) is 9.58. The molecule has 3 N–H and O–H groups in total. The standard InChI is InChI=1S/C19H20Cl2N2O6S/c20-16-2-1-3-17(21)15(16)11-29-13-4-6-14(7-5-13)30(27,28)23-9-8-12(24)10-18(23)19(25)22-26/h1-7,12,18,24,26H,8-11H2,(H,22,25). The van der Waals surface area contributed by atoms with Gasteiger partial charge < -0.3 is 9.84 Å². The van der Waals surface area contributed by atoms with Crippen molar-refractivity contribution in [3.8, 4) is 5.75 Å². The molecular formula is C19H20Cl2N2O6S. The summed E-state index contributed by atoms with van der Waals surface area (Å²) in [5.74, 6) is -0.488. The predicted octanol–water partition coefficient (Wildman–Crippen LogP) is 2.59. The zero-order valence-electron chi connectivity index (χ0n) is 15.7. The molecule has 162 valence electrons. The van der Waals surface area contributed by atoms with Crippen LogP contribution in [0.5, 0.6) is 5.75 Å². The number of benzene rings is 2. The number of aliphatic hydroxyl groups excluding tert-OH is 1. The van der Waals surface area contributed by atoms with E-state index in [0.29, 0.717) is 21.4 Å². The first kappa shape index (κ1) is 22.8. The number of aliphatic hydroxyl groups is 1. The normalized spacial score (nSPS) is 20.0. The molecule has 1 saturated heterocycles. The minimum absolute atomic E-state index is 0.0437. The van der Waals surface area contributed by atoms with Gasteiger partial charge in [0.2, 0.25) is 10.0 Å². The average molecular weight is 475 g/mol. The maximum atomic E-state index is 13.0. The highest BCUT2D eigenvalue weighted by molar-refractivity contribution is 7.89. The summed E-state index contributed by atoms with van der Waals surface area (Å²) in [4.78, 5) is 11.9. The maximum Gasteiger partial charge on any atom is 0.261 e. The van der Waals surface area contributed by atoms with Crippen molar-refractivity contribution in [2.45, 2.75) is 36.5 Å². The monoisotopic (exact) mass is 474 g/mol. The molecule has 1 amide bonds. The summed E-state index contributed by atoms with van der Waals surface area (Å²) in [6.07, 6.45) is -0.745. The van der Waals surface area contributed by atoms with Gasteiger partial charge >= 0.3 is 0 Å². The molecule has 2 aromatic rings. The number of hydroxylamine groups is 1. The van der Waals surface area contributed by atoms with Gasteiger partial charge in [-0.2, -0.15) is 4.31 Å². The lowest BCUT2D eigenvalue weighted by Crippen LogP contribution is -2.54. The molecule has 3 rings (SSSR count). The number of carbonyl (C=O) groups excluding carboxylic acids is 1. The second-order valence-corrected chi connectivity index (χ2v) is 9.45. The molecule has 0 bridgehead atoms. The van der Waals surface area contributed by atoms with Crippen molar-refractivity contribution in [2.75, 3.05) is 6.54 Å². The molecule has 0 aliphatic carbocycles. The lowest BCUT2D eigenvalue weighted by Gasteiger charge is -2.35. The highest BCUT2D eigenvalue weighted by atomic mass is 35.5. The number of amides is 1. The maximum absolute atomic E-state index is 13.0. The third kappa shape index (κ3) is 4.88. The molecule has 1 fully saturated rings. The Hall–Kier alpha value is -1.88. The highest BCUT2D eigenvalue weighted by Gasteiger charge is 2.40. The molecule has 2 aromatic carbocycles. The van der Waals surface area contributed by atoms with E-state index in [4.69, 9.17) is 33.1 Å². The van der Waals surface area contributed by atoms with Gasteiger partial charge in [-0.15, -0.1) is 0 Å². The molecule has 0 radical (unpaired) electrons. The number of rotatable bonds is 6. The SMILES string of the molecule is O=C(NO)C1CC(O)CCN1S(=O)(=O)c1ccc(OCc2c(Cl)cccc2Cl)cc1. The Kier molecular flexibility index (Phi) is 7.22. The van der Waals surface area contributed by atoms with E-state index in [1.165, 1.54) is 29.7 Å². The third-order valence-electron chi connectivity index (χ3n) is 4.81. The van der Waals surface area contributed by atoms with Crippen LogP contribution < -0.4 is 10.2 Å². The topological polar surface area (TPSA) is 116 Å². The molecule has 0 spiro atoms.